The lowest BCUT2D eigenvalue weighted by Gasteiger charge is -2.30. The van der Waals surface area contributed by atoms with Gasteiger partial charge in [-0.2, -0.15) is 0 Å². The Bertz CT molecular complexity index is 579. The SMILES string of the molecule is O=C1CC(SC2CCCCC3=C(CCCC3)C2)C(=O)N1C1CCCCC1. The van der Waals surface area contributed by atoms with Crippen molar-refractivity contribution >= 4 is 23.6 Å². The number of rotatable bonds is 3. The molecule has 1 aliphatic heterocycles. The number of hydrogen-bond acceptors (Lipinski definition) is 3. The van der Waals surface area contributed by atoms with E-state index in [1.807, 2.05) is 11.8 Å². The maximum atomic E-state index is 13.0. The number of imide groups is 1. The summed E-state index contributed by atoms with van der Waals surface area (Å²) in [4.78, 5) is 27.2. The predicted molar refractivity (Wildman–Crippen MR) is 107 cm³/mol. The summed E-state index contributed by atoms with van der Waals surface area (Å²) in [7, 11) is 0. The molecule has 2 unspecified atom stereocenters. The van der Waals surface area contributed by atoms with Crippen molar-refractivity contribution < 1.29 is 9.59 Å². The number of carbonyl (C=O) groups is 2. The normalized spacial score (nSPS) is 31.8. The predicted octanol–water partition coefficient (Wildman–Crippen LogP) is 5.38. The summed E-state index contributed by atoms with van der Waals surface area (Å²) in [5.74, 6) is 0.231. The van der Waals surface area contributed by atoms with E-state index in [0.717, 1.165) is 12.8 Å². The van der Waals surface area contributed by atoms with Gasteiger partial charge in [0.1, 0.15) is 0 Å². The first-order valence-corrected chi connectivity index (χ1v) is 11.9. The van der Waals surface area contributed by atoms with Gasteiger partial charge in [-0.15, -0.1) is 11.8 Å². The third-order valence-corrected chi connectivity index (χ3v) is 8.36. The molecule has 0 aromatic heterocycles. The quantitative estimate of drug-likeness (QED) is 0.491. The largest absolute Gasteiger partial charge is 0.278 e. The van der Waals surface area contributed by atoms with E-state index >= 15 is 0 Å². The van der Waals surface area contributed by atoms with Crippen LogP contribution in [0.4, 0.5) is 0 Å². The van der Waals surface area contributed by atoms with Gasteiger partial charge in [-0.1, -0.05) is 36.8 Å². The molecule has 2 atom stereocenters. The van der Waals surface area contributed by atoms with E-state index in [0.29, 0.717) is 11.7 Å². The third kappa shape index (κ3) is 4.05. The van der Waals surface area contributed by atoms with Gasteiger partial charge in [0.25, 0.3) is 0 Å². The van der Waals surface area contributed by atoms with Gasteiger partial charge in [0.15, 0.2) is 0 Å². The molecule has 1 saturated carbocycles. The number of nitrogens with zero attached hydrogens (tertiary/aromatic N) is 1. The Balaban J connectivity index is 1.41. The highest BCUT2D eigenvalue weighted by molar-refractivity contribution is 8.01. The molecule has 0 bridgehead atoms. The summed E-state index contributed by atoms with van der Waals surface area (Å²) in [5.41, 5.74) is 3.44. The minimum Gasteiger partial charge on any atom is -0.278 e. The number of likely N-dealkylation sites (tertiary alicyclic amines) is 1. The molecular formula is C22H33NO2S. The van der Waals surface area contributed by atoms with E-state index in [4.69, 9.17) is 0 Å². The van der Waals surface area contributed by atoms with E-state index in [1.165, 1.54) is 77.0 Å². The molecule has 3 nitrogen and oxygen atoms in total. The molecule has 4 rings (SSSR count). The van der Waals surface area contributed by atoms with Crippen molar-refractivity contribution in [2.75, 3.05) is 0 Å². The molecule has 3 aliphatic carbocycles. The summed E-state index contributed by atoms with van der Waals surface area (Å²) in [6, 6.07) is 0.194. The topological polar surface area (TPSA) is 37.4 Å². The number of carbonyl (C=O) groups excluding carboxylic acids is 2. The number of allylic oxidation sites excluding steroid dienone is 2. The van der Waals surface area contributed by atoms with Crippen LogP contribution in [-0.4, -0.2) is 33.3 Å². The minimum atomic E-state index is -0.110. The van der Waals surface area contributed by atoms with Gasteiger partial charge in [0.2, 0.25) is 11.8 Å². The van der Waals surface area contributed by atoms with E-state index in [2.05, 4.69) is 0 Å². The fourth-order valence-corrected chi connectivity index (χ4v) is 7.00. The molecule has 0 spiro atoms. The average Bonchev–Trinajstić information content (AvgIpc) is 2.91. The zero-order chi connectivity index (χ0) is 17.9. The van der Waals surface area contributed by atoms with Crippen LogP contribution in [0.2, 0.25) is 0 Å². The summed E-state index contributed by atoms with van der Waals surface area (Å²) in [6.07, 6.45) is 17.6. The maximum absolute atomic E-state index is 13.0. The number of amides is 2. The zero-order valence-corrected chi connectivity index (χ0v) is 16.8. The number of hydrogen-bond donors (Lipinski definition) is 0. The molecule has 26 heavy (non-hydrogen) atoms. The van der Waals surface area contributed by atoms with Crippen molar-refractivity contribution in [1.29, 1.82) is 0 Å². The molecular weight excluding hydrogens is 342 g/mol. The summed E-state index contributed by atoms with van der Waals surface area (Å²) >= 11 is 1.84. The van der Waals surface area contributed by atoms with Crippen LogP contribution in [0.3, 0.4) is 0 Å². The Kier molecular flexibility index (Phi) is 6.07. The zero-order valence-electron chi connectivity index (χ0n) is 16.0. The van der Waals surface area contributed by atoms with Crippen LogP contribution in [0.15, 0.2) is 11.1 Å². The van der Waals surface area contributed by atoms with E-state index in [-0.39, 0.29) is 23.1 Å². The van der Waals surface area contributed by atoms with Crippen LogP contribution in [-0.2, 0) is 9.59 Å². The van der Waals surface area contributed by atoms with Crippen LogP contribution in [0.1, 0.15) is 96.3 Å². The van der Waals surface area contributed by atoms with Crippen molar-refractivity contribution in [2.45, 2.75) is 113 Å². The molecule has 0 radical (unpaired) electrons. The van der Waals surface area contributed by atoms with Crippen LogP contribution in [0.25, 0.3) is 0 Å². The second kappa shape index (κ2) is 8.50. The highest BCUT2D eigenvalue weighted by atomic mass is 32.2. The van der Waals surface area contributed by atoms with E-state index < -0.39 is 0 Å². The highest BCUT2D eigenvalue weighted by Gasteiger charge is 2.43. The lowest BCUT2D eigenvalue weighted by atomic mass is 9.84. The average molecular weight is 376 g/mol. The minimum absolute atomic E-state index is 0.0998. The smallest absolute Gasteiger partial charge is 0.243 e. The standard InChI is InChI=1S/C22H33NO2S/c24-21-15-20(22(25)23(21)18-11-2-1-3-12-18)26-19-13-7-6-9-16-8-4-5-10-17(16)14-19/h18-20H,1-15H2. The van der Waals surface area contributed by atoms with Crippen molar-refractivity contribution in [1.82, 2.24) is 4.90 Å². The Labute approximate surface area is 162 Å². The van der Waals surface area contributed by atoms with E-state index in [1.54, 1.807) is 16.0 Å². The van der Waals surface area contributed by atoms with Crippen LogP contribution in [0.5, 0.6) is 0 Å². The highest BCUT2D eigenvalue weighted by Crippen LogP contribution is 2.41. The second-order valence-electron chi connectivity index (χ2n) is 8.71. The molecule has 4 aliphatic rings. The molecule has 144 valence electrons. The third-order valence-electron chi connectivity index (χ3n) is 6.87. The molecule has 0 aromatic carbocycles. The van der Waals surface area contributed by atoms with Crippen molar-refractivity contribution in [3.63, 3.8) is 0 Å². The fourth-order valence-electron chi connectivity index (χ4n) is 5.47. The Morgan fingerprint density at radius 1 is 0.731 bits per heavy atom. The van der Waals surface area contributed by atoms with Gasteiger partial charge in [0, 0.05) is 17.7 Å². The maximum Gasteiger partial charge on any atom is 0.243 e. The fraction of sp³-hybridized carbons (Fsp3) is 0.818. The molecule has 0 N–H and O–H groups in total. The molecule has 1 saturated heterocycles. The van der Waals surface area contributed by atoms with Crippen molar-refractivity contribution in [3.05, 3.63) is 11.1 Å². The van der Waals surface area contributed by atoms with Gasteiger partial charge < -0.3 is 0 Å². The second-order valence-corrected chi connectivity index (χ2v) is 10.2. The van der Waals surface area contributed by atoms with Gasteiger partial charge >= 0.3 is 0 Å². The first-order chi connectivity index (χ1) is 12.7. The van der Waals surface area contributed by atoms with Gasteiger partial charge in [-0.25, -0.2) is 0 Å². The lowest BCUT2D eigenvalue weighted by Crippen LogP contribution is -2.41. The van der Waals surface area contributed by atoms with Gasteiger partial charge in [-0.3, -0.25) is 14.5 Å². The van der Waals surface area contributed by atoms with Gasteiger partial charge in [-0.05, 0) is 64.2 Å². The van der Waals surface area contributed by atoms with Crippen molar-refractivity contribution in [3.8, 4) is 0 Å². The van der Waals surface area contributed by atoms with Crippen molar-refractivity contribution in [2.24, 2.45) is 0 Å². The van der Waals surface area contributed by atoms with Crippen LogP contribution >= 0.6 is 11.8 Å². The van der Waals surface area contributed by atoms with Crippen LogP contribution < -0.4 is 0 Å². The molecule has 2 fully saturated rings. The van der Waals surface area contributed by atoms with Crippen LogP contribution in [0, 0.1) is 0 Å². The van der Waals surface area contributed by atoms with Gasteiger partial charge in [0.05, 0.1) is 5.25 Å². The Hall–Kier alpha value is -0.770. The lowest BCUT2D eigenvalue weighted by molar-refractivity contribution is -0.141. The molecule has 4 heteroatoms. The first kappa shape index (κ1) is 18.6. The molecule has 2 amide bonds. The Morgan fingerprint density at radius 2 is 1.38 bits per heavy atom. The number of thioether (sulfide) groups is 1. The Morgan fingerprint density at radius 3 is 2.15 bits per heavy atom. The first-order valence-electron chi connectivity index (χ1n) is 10.9. The molecule has 0 aromatic rings. The summed E-state index contributed by atoms with van der Waals surface area (Å²) in [6.45, 7) is 0. The summed E-state index contributed by atoms with van der Waals surface area (Å²) < 4.78 is 0. The van der Waals surface area contributed by atoms with E-state index in [9.17, 15) is 9.59 Å². The monoisotopic (exact) mass is 375 g/mol. The molecule has 1 heterocycles. The summed E-state index contributed by atoms with van der Waals surface area (Å²) in [5, 5.41) is 0.424.